The molecule has 0 bridgehead atoms. The molecular weight excluding hydrogens is 376 g/mol. The maximum absolute atomic E-state index is 12.6. The van der Waals surface area contributed by atoms with E-state index in [-0.39, 0.29) is 5.56 Å². The molecule has 0 spiro atoms. The zero-order chi connectivity index (χ0) is 20.9. The van der Waals surface area contributed by atoms with Crippen molar-refractivity contribution in [2.24, 2.45) is 5.10 Å². The van der Waals surface area contributed by atoms with Gasteiger partial charge in [-0.15, -0.1) is 0 Å². The van der Waals surface area contributed by atoms with Crippen LogP contribution < -0.4 is 15.9 Å². The molecule has 0 radical (unpaired) electrons. The molecule has 0 atom stereocenters. The molecule has 7 nitrogen and oxygen atoms in total. The first kappa shape index (κ1) is 19.8. The molecule has 0 fully saturated rings. The smallest absolute Gasteiger partial charge is 0.257 e. The topological polar surface area (TPSA) is 76.6 Å². The molecule has 1 aromatic heterocycles. The van der Waals surface area contributed by atoms with Crippen molar-refractivity contribution in [2.45, 2.75) is 19.5 Å². The summed E-state index contributed by atoms with van der Waals surface area (Å²) in [6.45, 7) is 2.31. The quantitative estimate of drug-likeness (QED) is 0.490. The van der Waals surface area contributed by atoms with E-state index in [0.717, 1.165) is 42.0 Å². The van der Waals surface area contributed by atoms with Gasteiger partial charge in [0.25, 0.3) is 5.56 Å². The van der Waals surface area contributed by atoms with Crippen LogP contribution in [-0.2, 0) is 19.5 Å². The van der Waals surface area contributed by atoms with Crippen molar-refractivity contribution in [1.82, 2.24) is 14.9 Å². The Bertz CT molecular complexity index is 1070. The van der Waals surface area contributed by atoms with Crippen LogP contribution in [0.25, 0.3) is 0 Å². The number of aromatic nitrogens is 2. The standard InChI is InChI=1S/C23H26N6O/c1-28(2)19-10-8-17(9-11-19)14-24-27-23-25-21-12-13-29(16-20(21)22(30)26-23)15-18-6-4-3-5-7-18/h3-11,14H,12-13,15-16H2,1-2H3,(H2,25,26,27,30)/b24-14-. The van der Waals surface area contributed by atoms with E-state index < -0.39 is 0 Å². The number of hydrazone groups is 1. The summed E-state index contributed by atoms with van der Waals surface area (Å²) < 4.78 is 0. The summed E-state index contributed by atoms with van der Waals surface area (Å²) in [5, 5.41) is 4.22. The van der Waals surface area contributed by atoms with Gasteiger partial charge in [0.1, 0.15) is 0 Å². The molecule has 30 heavy (non-hydrogen) atoms. The third-order valence-corrected chi connectivity index (χ3v) is 5.19. The molecule has 2 aromatic carbocycles. The van der Waals surface area contributed by atoms with Gasteiger partial charge >= 0.3 is 0 Å². The Hall–Kier alpha value is -3.45. The van der Waals surface area contributed by atoms with Crippen molar-refractivity contribution in [2.75, 3.05) is 31.0 Å². The number of hydrogen-bond acceptors (Lipinski definition) is 6. The second-order valence-corrected chi connectivity index (χ2v) is 7.64. The van der Waals surface area contributed by atoms with Gasteiger partial charge in [0.15, 0.2) is 0 Å². The molecule has 154 valence electrons. The molecule has 7 heteroatoms. The summed E-state index contributed by atoms with van der Waals surface area (Å²) in [7, 11) is 4.01. The van der Waals surface area contributed by atoms with Crippen LogP contribution in [0.4, 0.5) is 11.6 Å². The number of H-pyrrole nitrogens is 1. The van der Waals surface area contributed by atoms with Crippen LogP contribution in [0.2, 0.25) is 0 Å². The summed E-state index contributed by atoms with van der Waals surface area (Å²) in [6.07, 6.45) is 2.46. The van der Waals surface area contributed by atoms with Crippen molar-refractivity contribution in [3.8, 4) is 0 Å². The Morgan fingerprint density at radius 3 is 2.67 bits per heavy atom. The van der Waals surface area contributed by atoms with Gasteiger partial charge in [0.05, 0.1) is 17.5 Å². The Kier molecular flexibility index (Phi) is 5.90. The van der Waals surface area contributed by atoms with E-state index in [1.807, 2.05) is 61.5 Å². The van der Waals surface area contributed by atoms with E-state index in [4.69, 9.17) is 0 Å². The molecule has 2 heterocycles. The molecular formula is C23H26N6O. The van der Waals surface area contributed by atoms with Gasteiger partial charge in [-0.1, -0.05) is 42.5 Å². The Balaban J connectivity index is 1.41. The van der Waals surface area contributed by atoms with Crippen molar-refractivity contribution in [3.63, 3.8) is 0 Å². The first-order valence-corrected chi connectivity index (χ1v) is 10.0. The van der Waals surface area contributed by atoms with E-state index >= 15 is 0 Å². The molecule has 4 rings (SSSR count). The fourth-order valence-electron chi connectivity index (χ4n) is 3.54. The molecule has 0 saturated heterocycles. The highest BCUT2D eigenvalue weighted by Gasteiger charge is 2.21. The summed E-state index contributed by atoms with van der Waals surface area (Å²) in [5.41, 5.74) is 7.67. The molecule has 1 aliphatic rings. The minimum atomic E-state index is -0.106. The SMILES string of the molecule is CN(C)c1ccc(/C=N\Nc2nc3c(c(=O)[nH]2)CN(Cc2ccccc2)CC3)cc1. The van der Waals surface area contributed by atoms with Gasteiger partial charge in [-0.2, -0.15) is 5.10 Å². The summed E-state index contributed by atoms with van der Waals surface area (Å²) in [5.74, 6) is 0.372. The normalized spacial score (nSPS) is 13.9. The lowest BCUT2D eigenvalue weighted by Crippen LogP contribution is -2.35. The third-order valence-electron chi connectivity index (χ3n) is 5.19. The summed E-state index contributed by atoms with van der Waals surface area (Å²) >= 11 is 0. The second-order valence-electron chi connectivity index (χ2n) is 7.64. The second kappa shape index (κ2) is 8.92. The number of benzene rings is 2. The molecule has 0 unspecified atom stereocenters. The number of aromatic amines is 1. The van der Waals surface area contributed by atoms with Crippen molar-refractivity contribution in [1.29, 1.82) is 0 Å². The molecule has 0 aliphatic carbocycles. The van der Waals surface area contributed by atoms with Crippen LogP contribution in [0.15, 0.2) is 64.5 Å². The van der Waals surface area contributed by atoms with Gasteiger partial charge < -0.3 is 4.90 Å². The third kappa shape index (κ3) is 4.75. The lowest BCUT2D eigenvalue weighted by atomic mass is 10.1. The maximum Gasteiger partial charge on any atom is 0.257 e. The maximum atomic E-state index is 12.6. The predicted molar refractivity (Wildman–Crippen MR) is 121 cm³/mol. The highest BCUT2D eigenvalue weighted by molar-refractivity contribution is 5.80. The highest BCUT2D eigenvalue weighted by Crippen LogP contribution is 2.17. The number of rotatable bonds is 6. The predicted octanol–water partition coefficient (Wildman–Crippen LogP) is 2.84. The van der Waals surface area contributed by atoms with Gasteiger partial charge in [-0.05, 0) is 23.3 Å². The number of fused-ring (bicyclic) bond motifs is 1. The number of nitrogens with one attached hydrogen (secondary N) is 2. The fourth-order valence-corrected chi connectivity index (χ4v) is 3.54. The van der Waals surface area contributed by atoms with E-state index in [9.17, 15) is 4.79 Å². The first-order valence-electron chi connectivity index (χ1n) is 10.0. The molecule has 2 N–H and O–H groups in total. The number of anilines is 2. The summed E-state index contributed by atoms with van der Waals surface area (Å²) in [4.78, 5) is 24.3. The zero-order valence-corrected chi connectivity index (χ0v) is 17.3. The van der Waals surface area contributed by atoms with Gasteiger partial charge in [-0.3, -0.25) is 14.7 Å². The lowest BCUT2D eigenvalue weighted by Gasteiger charge is -2.27. The minimum Gasteiger partial charge on any atom is -0.378 e. The van der Waals surface area contributed by atoms with Crippen molar-refractivity contribution >= 4 is 17.9 Å². The van der Waals surface area contributed by atoms with Crippen LogP contribution >= 0.6 is 0 Å². The highest BCUT2D eigenvalue weighted by atomic mass is 16.1. The average molecular weight is 403 g/mol. The molecule has 0 amide bonds. The van der Waals surface area contributed by atoms with E-state index in [0.29, 0.717) is 12.5 Å². The Morgan fingerprint density at radius 1 is 1.17 bits per heavy atom. The molecule has 0 saturated carbocycles. The Labute approximate surface area is 176 Å². The van der Waals surface area contributed by atoms with Gasteiger partial charge in [0.2, 0.25) is 5.95 Å². The largest absolute Gasteiger partial charge is 0.378 e. The Morgan fingerprint density at radius 2 is 1.93 bits per heavy atom. The number of hydrogen-bond donors (Lipinski definition) is 2. The van der Waals surface area contributed by atoms with Crippen molar-refractivity contribution < 1.29 is 0 Å². The van der Waals surface area contributed by atoms with Crippen LogP contribution in [0.3, 0.4) is 0 Å². The van der Waals surface area contributed by atoms with Crippen LogP contribution in [-0.4, -0.2) is 41.7 Å². The van der Waals surface area contributed by atoms with Crippen LogP contribution in [0.1, 0.15) is 22.4 Å². The van der Waals surface area contributed by atoms with E-state index in [1.165, 1.54) is 5.56 Å². The first-order chi connectivity index (χ1) is 14.6. The fraction of sp³-hybridized carbons (Fsp3) is 0.261. The lowest BCUT2D eigenvalue weighted by molar-refractivity contribution is 0.242. The van der Waals surface area contributed by atoms with E-state index in [2.05, 4.69) is 37.5 Å². The average Bonchev–Trinajstić information content (AvgIpc) is 2.75. The van der Waals surface area contributed by atoms with E-state index in [1.54, 1.807) is 6.21 Å². The van der Waals surface area contributed by atoms with Crippen molar-refractivity contribution in [3.05, 3.63) is 87.3 Å². The molecule has 1 aliphatic heterocycles. The number of nitrogens with zero attached hydrogens (tertiary/aromatic N) is 4. The van der Waals surface area contributed by atoms with Crippen LogP contribution in [0, 0.1) is 0 Å². The minimum absolute atomic E-state index is 0.106. The van der Waals surface area contributed by atoms with Gasteiger partial charge in [0, 0.05) is 45.8 Å². The van der Waals surface area contributed by atoms with Gasteiger partial charge in [-0.25, -0.2) is 10.4 Å². The molecule has 3 aromatic rings. The zero-order valence-electron chi connectivity index (χ0n) is 17.3. The van der Waals surface area contributed by atoms with Crippen LogP contribution in [0.5, 0.6) is 0 Å². The monoisotopic (exact) mass is 402 g/mol. The summed E-state index contributed by atoms with van der Waals surface area (Å²) in [6, 6.07) is 18.3.